The summed E-state index contributed by atoms with van der Waals surface area (Å²) in [5.41, 5.74) is -0.226. The maximum absolute atomic E-state index is 12.6. The van der Waals surface area contributed by atoms with Crippen LogP contribution in [-0.2, 0) is 12.6 Å². The fraction of sp³-hybridized carbons (Fsp3) is 0.400. The number of aryl methyl sites for hydroxylation is 1. The van der Waals surface area contributed by atoms with Crippen LogP contribution in [0.15, 0.2) is 18.6 Å². The summed E-state index contributed by atoms with van der Waals surface area (Å²) in [5.74, 6) is 0.377. The number of aromatic nitrogens is 3. The topological polar surface area (TPSA) is 59.9 Å². The summed E-state index contributed by atoms with van der Waals surface area (Å²) in [5, 5.41) is 3.21. The molecule has 136 valence electrons. The second-order valence-electron chi connectivity index (χ2n) is 5.15. The van der Waals surface area contributed by atoms with Crippen molar-refractivity contribution in [3.63, 3.8) is 0 Å². The number of anilines is 1. The van der Waals surface area contributed by atoms with E-state index in [0.717, 1.165) is 6.07 Å². The Labute approximate surface area is 152 Å². The minimum atomic E-state index is -4.51. The molecule has 0 fully saturated rings. The molecule has 2 heterocycles. The standard InChI is InChI=1S/C15H15Cl2F3N4O/c1-3-11-12(17)13(24-7-23-11)21-5-8(2)25-14-10(16)4-9(6-22-14)15(18,19)20/h4,6-8H,3,5H2,1-2H3,(H,21,23,24)/t8-/m1/s1. The van der Waals surface area contributed by atoms with Crippen LogP contribution in [0.25, 0.3) is 0 Å². The largest absolute Gasteiger partial charge is 0.472 e. The Bertz CT molecular complexity index is 743. The first kappa shape index (κ1) is 19.5. The van der Waals surface area contributed by atoms with Crippen LogP contribution < -0.4 is 10.1 Å². The molecule has 0 spiro atoms. The van der Waals surface area contributed by atoms with Crippen molar-refractivity contribution >= 4 is 29.0 Å². The molecule has 0 saturated heterocycles. The summed E-state index contributed by atoms with van der Waals surface area (Å²) in [6.45, 7) is 3.92. The van der Waals surface area contributed by atoms with Crippen LogP contribution in [0, 0.1) is 0 Å². The summed E-state index contributed by atoms with van der Waals surface area (Å²) in [6.07, 6.45) is -2.22. The average molecular weight is 395 g/mol. The van der Waals surface area contributed by atoms with Crippen molar-refractivity contribution in [2.24, 2.45) is 0 Å². The van der Waals surface area contributed by atoms with Gasteiger partial charge in [-0.3, -0.25) is 0 Å². The van der Waals surface area contributed by atoms with Crippen molar-refractivity contribution in [1.29, 1.82) is 0 Å². The van der Waals surface area contributed by atoms with Gasteiger partial charge in [0.1, 0.15) is 28.3 Å². The van der Waals surface area contributed by atoms with Gasteiger partial charge in [-0.15, -0.1) is 0 Å². The van der Waals surface area contributed by atoms with Crippen LogP contribution in [0.1, 0.15) is 25.1 Å². The molecule has 5 nitrogen and oxygen atoms in total. The zero-order valence-corrected chi connectivity index (χ0v) is 14.9. The van der Waals surface area contributed by atoms with Crippen LogP contribution in [0.2, 0.25) is 10.0 Å². The van der Waals surface area contributed by atoms with Crippen molar-refractivity contribution in [2.75, 3.05) is 11.9 Å². The van der Waals surface area contributed by atoms with E-state index in [2.05, 4.69) is 20.3 Å². The van der Waals surface area contributed by atoms with Crippen LogP contribution in [0.4, 0.5) is 19.0 Å². The lowest BCUT2D eigenvalue weighted by atomic mass is 10.3. The smallest absolute Gasteiger partial charge is 0.417 e. The summed E-state index contributed by atoms with van der Waals surface area (Å²) in [4.78, 5) is 11.7. The van der Waals surface area contributed by atoms with Crippen molar-refractivity contribution < 1.29 is 17.9 Å². The molecule has 2 rings (SSSR count). The van der Waals surface area contributed by atoms with E-state index in [-0.39, 0.29) is 10.9 Å². The SMILES string of the molecule is CCc1ncnc(NC[C@@H](C)Oc2ncc(C(F)(F)F)cc2Cl)c1Cl. The third-order valence-electron chi connectivity index (χ3n) is 3.20. The molecule has 0 aliphatic carbocycles. The molecule has 25 heavy (non-hydrogen) atoms. The highest BCUT2D eigenvalue weighted by atomic mass is 35.5. The fourth-order valence-corrected chi connectivity index (χ4v) is 2.42. The van der Waals surface area contributed by atoms with Crippen molar-refractivity contribution in [3.05, 3.63) is 39.9 Å². The van der Waals surface area contributed by atoms with Crippen LogP contribution >= 0.6 is 23.2 Å². The number of ether oxygens (including phenoxy) is 1. The summed E-state index contributed by atoms with van der Waals surface area (Å²) >= 11 is 12.0. The average Bonchev–Trinajstić information content (AvgIpc) is 2.55. The molecular weight excluding hydrogens is 380 g/mol. The van der Waals surface area contributed by atoms with Gasteiger partial charge >= 0.3 is 6.18 Å². The maximum Gasteiger partial charge on any atom is 0.417 e. The maximum atomic E-state index is 12.6. The predicted octanol–water partition coefficient (Wildman–Crippen LogP) is 4.64. The Hall–Kier alpha value is -1.80. The van der Waals surface area contributed by atoms with Gasteiger partial charge in [0.05, 0.1) is 17.8 Å². The molecule has 0 amide bonds. The van der Waals surface area contributed by atoms with Gasteiger partial charge in [-0.25, -0.2) is 15.0 Å². The van der Waals surface area contributed by atoms with Crippen molar-refractivity contribution in [3.8, 4) is 5.88 Å². The molecule has 0 unspecified atom stereocenters. The monoisotopic (exact) mass is 394 g/mol. The highest BCUT2D eigenvalue weighted by molar-refractivity contribution is 6.33. The second kappa shape index (κ2) is 8.05. The number of halogens is 5. The first-order chi connectivity index (χ1) is 11.7. The predicted molar refractivity (Wildman–Crippen MR) is 89.2 cm³/mol. The molecule has 1 atom stereocenters. The summed E-state index contributed by atoms with van der Waals surface area (Å²) < 4.78 is 43.3. The van der Waals surface area contributed by atoms with Crippen LogP contribution in [0.5, 0.6) is 5.88 Å². The third kappa shape index (κ3) is 5.09. The molecule has 0 aromatic carbocycles. The van der Waals surface area contributed by atoms with Gasteiger partial charge in [-0.2, -0.15) is 13.2 Å². The molecule has 2 aromatic rings. The Morgan fingerprint density at radius 2 is 1.96 bits per heavy atom. The van der Waals surface area contributed by atoms with Gasteiger partial charge in [0.2, 0.25) is 5.88 Å². The van der Waals surface area contributed by atoms with E-state index >= 15 is 0 Å². The number of hydrogen-bond acceptors (Lipinski definition) is 5. The van der Waals surface area contributed by atoms with Gasteiger partial charge in [0.15, 0.2) is 0 Å². The van der Waals surface area contributed by atoms with E-state index in [1.54, 1.807) is 6.92 Å². The highest BCUT2D eigenvalue weighted by Gasteiger charge is 2.31. The van der Waals surface area contributed by atoms with Crippen LogP contribution in [-0.4, -0.2) is 27.6 Å². The van der Waals surface area contributed by atoms with E-state index < -0.39 is 17.8 Å². The lowest BCUT2D eigenvalue weighted by Gasteiger charge is -2.17. The minimum Gasteiger partial charge on any atom is -0.472 e. The fourth-order valence-electron chi connectivity index (χ4n) is 1.92. The van der Waals surface area contributed by atoms with Crippen molar-refractivity contribution in [2.45, 2.75) is 32.5 Å². The van der Waals surface area contributed by atoms with Crippen LogP contribution in [0.3, 0.4) is 0 Å². The van der Waals surface area contributed by atoms with Gasteiger partial charge in [-0.05, 0) is 19.4 Å². The quantitative estimate of drug-likeness (QED) is 0.773. The Morgan fingerprint density at radius 1 is 1.24 bits per heavy atom. The second-order valence-corrected chi connectivity index (χ2v) is 5.94. The zero-order chi connectivity index (χ0) is 18.6. The minimum absolute atomic E-state index is 0.0769. The molecule has 0 radical (unpaired) electrons. The molecular formula is C15H15Cl2F3N4O. The molecule has 1 N–H and O–H groups in total. The first-order valence-corrected chi connectivity index (χ1v) is 8.10. The number of nitrogens with one attached hydrogen (secondary N) is 1. The van der Waals surface area contributed by atoms with Gasteiger partial charge < -0.3 is 10.1 Å². The summed E-state index contributed by atoms with van der Waals surface area (Å²) in [7, 11) is 0. The molecule has 10 heteroatoms. The Morgan fingerprint density at radius 3 is 2.56 bits per heavy atom. The zero-order valence-electron chi connectivity index (χ0n) is 13.4. The van der Waals surface area contributed by atoms with Gasteiger partial charge in [-0.1, -0.05) is 30.1 Å². The first-order valence-electron chi connectivity index (χ1n) is 7.35. The van der Waals surface area contributed by atoms with E-state index in [0.29, 0.717) is 35.7 Å². The molecule has 2 aromatic heterocycles. The molecule has 0 bridgehead atoms. The van der Waals surface area contributed by atoms with Gasteiger partial charge in [0, 0.05) is 6.20 Å². The van der Waals surface area contributed by atoms with E-state index in [9.17, 15) is 13.2 Å². The lowest BCUT2D eigenvalue weighted by molar-refractivity contribution is -0.137. The molecule has 0 aliphatic rings. The normalized spacial score (nSPS) is 12.8. The summed E-state index contributed by atoms with van der Waals surface area (Å²) in [6, 6.07) is 0.777. The number of hydrogen-bond donors (Lipinski definition) is 1. The number of alkyl halides is 3. The third-order valence-corrected chi connectivity index (χ3v) is 3.87. The lowest BCUT2D eigenvalue weighted by Crippen LogP contribution is -2.24. The van der Waals surface area contributed by atoms with Gasteiger partial charge in [0.25, 0.3) is 0 Å². The number of nitrogens with zero attached hydrogens (tertiary/aromatic N) is 3. The van der Waals surface area contributed by atoms with E-state index in [1.165, 1.54) is 6.33 Å². The van der Waals surface area contributed by atoms with E-state index in [1.807, 2.05) is 6.92 Å². The Balaban J connectivity index is 2.00. The number of rotatable bonds is 6. The highest BCUT2D eigenvalue weighted by Crippen LogP contribution is 2.33. The van der Waals surface area contributed by atoms with Crippen molar-refractivity contribution in [1.82, 2.24) is 15.0 Å². The van der Waals surface area contributed by atoms with E-state index in [4.69, 9.17) is 27.9 Å². The Kier molecular flexibility index (Phi) is 6.29. The molecule has 0 aliphatic heterocycles. The number of pyridine rings is 1. The molecule has 0 saturated carbocycles.